The van der Waals surface area contributed by atoms with Crippen molar-refractivity contribution >= 4 is 17.7 Å². The van der Waals surface area contributed by atoms with Crippen molar-refractivity contribution in [1.29, 1.82) is 0 Å². The minimum atomic E-state index is -0.933. The molecule has 8 heteroatoms. The molecule has 7 nitrogen and oxygen atoms in total. The lowest BCUT2D eigenvalue weighted by Gasteiger charge is -2.11. The van der Waals surface area contributed by atoms with E-state index in [0.29, 0.717) is 23.3 Å². The molecule has 1 aromatic heterocycles. The SMILES string of the molecule is COc1ccccc1Cn1c(CO)nnc1SCC(=O)O. The van der Waals surface area contributed by atoms with E-state index in [9.17, 15) is 9.90 Å². The van der Waals surface area contributed by atoms with E-state index in [0.717, 1.165) is 17.3 Å². The van der Waals surface area contributed by atoms with Gasteiger partial charge < -0.3 is 14.9 Å². The van der Waals surface area contributed by atoms with Crippen molar-refractivity contribution in [2.75, 3.05) is 12.9 Å². The highest BCUT2D eigenvalue weighted by atomic mass is 32.2. The van der Waals surface area contributed by atoms with Gasteiger partial charge in [0.05, 0.1) is 19.4 Å². The maximum absolute atomic E-state index is 10.7. The lowest BCUT2D eigenvalue weighted by atomic mass is 10.2. The maximum atomic E-state index is 10.7. The first-order chi connectivity index (χ1) is 10.2. The number of aliphatic carboxylic acids is 1. The number of ether oxygens (including phenoxy) is 1. The Hall–Kier alpha value is -2.06. The van der Waals surface area contributed by atoms with Gasteiger partial charge in [0, 0.05) is 5.56 Å². The fourth-order valence-electron chi connectivity index (χ4n) is 1.83. The number of methoxy groups -OCH3 is 1. The zero-order valence-electron chi connectivity index (χ0n) is 11.4. The number of para-hydroxylation sites is 1. The lowest BCUT2D eigenvalue weighted by molar-refractivity contribution is -0.133. The zero-order valence-corrected chi connectivity index (χ0v) is 12.2. The van der Waals surface area contributed by atoms with Crippen LogP contribution in [0.3, 0.4) is 0 Å². The van der Waals surface area contributed by atoms with Crippen molar-refractivity contribution in [1.82, 2.24) is 14.8 Å². The van der Waals surface area contributed by atoms with Crippen molar-refractivity contribution in [3.05, 3.63) is 35.7 Å². The molecule has 0 aliphatic rings. The predicted molar refractivity (Wildman–Crippen MR) is 76.4 cm³/mol. The Morgan fingerprint density at radius 1 is 1.38 bits per heavy atom. The van der Waals surface area contributed by atoms with Crippen molar-refractivity contribution < 1.29 is 19.7 Å². The van der Waals surface area contributed by atoms with Crippen molar-refractivity contribution in [2.24, 2.45) is 0 Å². The van der Waals surface area contributed by atoms with Gasteiger partial charge in [0.1, 0.15) is 12.4 Å². The molecule has 2 aromatic rings. The molecule has 1 aromatic carbocycles. The molecule has 0 fully saturated rings. The van der Waals surface area contributed by atoms with Gasteiger partial charge in [0.15, 0.2) is 11.0 Å². The van der Waals surface area contributed by atoms with Crippen molar-refractivity contribution in [3.8, 4) is 5.75 Å². The van der Waals surface area contributed by atoms with Crippen LogP contribution in [-0.2, 0) is 17.9 Å². The van der Waals surface area contributed by atoms with E-state index < -0.39 is 5.97 Å². The number of benzene rings is 1. The molecular formula is C13H15N3O4S. The highest BCUT2D eigenvalue weighted by Gasteiger charge is 2.15. The number of hydrogen-bond donors (Lipinski definition) is 2. The zero-order chi connectivity index (χ0) is 15.2. The highest BCUT2D eigenvalue weighted by Crippen LogP contribution is 2.23. The number of nitrogens with zero attached hydrogens (tertiary/aromatic N) is 3. The van der Waals surface area contributed by atoms with Crippen LogP contribution in [0.25, 0.3) is 0 Å². The van der Waals surface area contributed by atoms with Crippen molar-refractivity contribution in [2.45, 2.75) is 18.3 Å². The third-order valence-corrected chi connectivity index (χ3v) is 3.73. The van der Waals surface area contributed by atoms with Crippen LogP contribution in [-0.4, -0.2) is 43.8 Å². The normalized spacial score (nSPS) is 10.6. The van der Waals surface area contributed by atoms with Gasteiger partial charge in [-0.25, -0.2) is 0 Å². The second-order valence-electron chi connectivity index (χ2n) is 4.14. The first-order valence-corrected chi connectivity index (χ1v) is 7.13. The minimum Gasteiger partial charge on any atom is -0.496 e. The Balaban J connectivity index is 2.28. The van der Waals surface area contributed by atoms with Crippen LogP contribution >= 0.6 is 11.8 Å². The van der Waals surface area contributed by atoms with E-state index in [4.69, 9.17) is 9.84 Å². The number of carboxylic acids is 1. The monoisotopic (exact) mass is 309 g/mol. The van der Waals surface area contributed by atoms with Crippen LogP contribution in [0.1, 0.15) is 11.4 Å². The van der Waals surface area contributed by atoms with Gasteiger partial charge in [-0.3, -0.25) is 9.36 Å². The van der Waals surface area contributed by atoms with Gasteiger partial charge in [-0.1, -0.05) is 30.0 Å². The summed E-state index contributed by atoms with van der Waals surface area (Å²) in [5.41, 5.74) is 0.895. The van der Waals surface area contributed by atoms with Crippen LogP contribution in [0.15, 0.2) is 29.4 Å². The van der Waals surface area contributed by atoms with Crippen LogP contribution < -0.4 is 4.74 Å². The summed E-state index contributed by atoms with van der Waals surface area (Å²) in [7, 11) is 1.58. The molecule has 1 heterocycles. The maximum Gasteiger partial charge on any atom is 0.313 e. The molecule has 0 amide bonds. The minimum absolute atomic E-state index is 0.116. The van der Waals surface area contributed by atoms with Crippen LogP contribution in [0.4, 0.5) is 0 Å². The van der Waals surface area contributed by atoms with Crippen LogP contribution in [0.5, 0.6) is 5.75 Å². The summed E-state index contributed by atoms with van der Waals surface area (Å²) >= 11 is 1.06. The van der Waals surface area contributed by atoms with Gasteiger partial charge in [-0.15, -0.1) is 10.2 Å². The van der Waals surface area contributed by atoms with E-state index in [2.05, 4.69) is 10.2 Å². The molecule has 21 heavy (non-hydrogen) atoms. The summed E-state index contributed by atoms with van der Waals surface area (Å²) < 4.78 is 6.97. The summed E-state index contributed by atoms with van der Waals surface area (Å²) in [6, 6.07) is 7.47. The van der Waals surface area contributed by atoms with Crippen LogP contribution in [0, 0.1) is 0 Å². The molecule has 0 spiro atoms. The smallest absolute Gasteiger partial charge is 0.313 e. The van der Waals surface area contributed by atoms with Crippen LogP contribution in [0.2, 0.25) is 0 Å². The summed E-state index contributed by atoms with van der Waals surface area (Å²) in [5, 5.41) is 26.3. The summed E-state index contributed by atoms with van der Waals surface area (Å²) in [4.78, 5) is 10.7. The van der Waals surface area contributed by atoms with E-state index in [1.54, 1.807) is 11.7 Å². The second kappa shape index (κ2) is 7.09. The van der Waals surface area contributed by atoms with Gasteiger partial charge in [0.25, 0.3) is 0 Å². The Labute approximate surface area is 125 Å². The molecule has 0 radical (unpaired) electrons. The van der Waals surface area contributed by atoms with Gasteiger partial charge >= 0.3 is 5.97 Å². The summed E-state index contributed by atoms with van der Waals surface area (Å²) in [5.74, 6) is 0.0469. The highest BCUT2D eigenvalue weighted by molar-refractivity contribution is 7.99. The Bertz CT molecular complexity index is 630. The molecule has 0 aliphatic carbocycles. The average molecular weight is 309 g/mol. The van der Waals surface area contributed by atoms with Gasteiger partial charge in [-0.05, 0) is 6.07 Å². The number of rotatable bonds is 7. The van der Waals surface area contributed by atoms with E-state index in [1.165, 1.54) is 0 Å². The number of carboxylic acid groups (broad SMARTS) is 1. The predicted octanol–water partition coefficient (Wildman–Crippen LogP) is 1.00. The van der Waals surface area contributed by atoms with E-state index in [1.807, 2.05) is 24.3 Å². The third-order valence-electron chi connectivity index (χ3n) is 2.78. The average Bonchev–Trinajstić information content (AvgIpc) is 2.87. The molecule has 2 rings (SSSR count). The first kappa shape index (κ1) is 15.3. The number of aliphatic hydroxyl groups excluding tert-OH is 1. The number of carbonyl (C=O) groups is 1. The Morgan fingerprint density at radius 3 is 2.81 bits per heavy atom. The molecule has 0 bridgehead atoms. The number of hydrogen-bond acceptors (Lipinski definition) is 6. The number of aromatic nitrogens is 3. The molecule has 0 aliphatic heterocycles. The summed E-state index contributed by atoms with van der Waals surface area (Å²) in [6.07, 6.45) is 0. The van der Waals surface area contributed by atoms with Gasteiger partial charge in [-0.2, -0.15) is 0 Å². The van der Waals surface area contributed by atoms with E-state index >= 15 is 0 Å². The second-order valence-corrected chi connectivity index (χ2v) is 5.08. The standard InChI is InChI=1S/C13H15N3O4S/c1-20-10-5-3-2-4-9(10)6-16-11(7-17)14-15-13(16)21-8-12(18)19/h2-5,17H,6-8H2,1H3,(H,18,19). The lowest BCUT2D eigenvalue weighted by Crippen LogP contribution is -2.09. The quantitative estimate of drug-likeness (QED) is 0.736. The number of aliphatic hydroxyl groups is 1. The number of thioether (sulfide) groups is 1. The van der Waals surface area contributed by atoms with Gasteiger partial charge in [0.2, 0.25) is 0 Å². The Morgan fingerprint density at radius 2 is 2.14 bits per heavy atom. The third kappa shape index (κ3) is 3.73. The summed E-state index contributed by atoms with van der Waals surface area (Å²) in [6.45, 7) is 0.130. The largest absolute Gasteiger partial charge is 0.496 e. The topological polar surface area (TPSA) is 97.5 Å². The van der Waals surface area contributed by atoms with E-state index in [-0.39, 0.29) is 12.4 Å². The van der Waals surface area contributed by atoms with Crippen molar-refractivity contribution in [3.63, 3.8) is 0 Å². The molecule has 0 saturated heterocycles. The molecule has 0 saturated carbocycles. The molecular weight excluding hydrogens is 294 g/mol. The molecule has 2 N–H and O–H groups in total. The Kier molecular flexibility index (Phi) is 5.18. The molecule has 0 atom stereocenters. The fraction of sp³-hybridized carbons (Fsp3) is 0.308. The molecule has 0 unspecified atom stereocenters. The fourth-order valence-corrected chi connectivity index (χ4v) is 2.51. The first-order valence-electron chi connectivity index (χ1n) is 6.15. The molecule has 112 valence electrons.